The quantitative estimate of drug-likeness (QED) is 0.260. The van der Waals surface area contributed by atoms with Gasteiger partial charge in [0.05, 0.1) is 38.6 Å². The van der Waals surface area contributed by atoms with Crippen LogP contribution in [0.15, 0.2) is 0 Å². The second-order valence-corrected chi connectivity index (χ2v) is 5.91. The highest BCUT2D eigenvalue weighted by Crippen LogP contribution is 2.13. The zero-order valence-corrected chi connectivity index (χ0v) is 12.5. The second kappa shape index (κ2) is 9.62. The highest BCUT2D eigenvalue weighted by atomic mass is 16.5. The largest absolute Gasteiger partial charge is 0.396 e. The Bertz CT molecular complexity index is 246. The molecule has 0 spiro atoms. The first-order valence-corrected chi connectivity index (χ1v) is 6.81. The summed E-state index contributed by atoms with van der Waals surface area (Å²) in [6, 6.07) is 0. The van der Waals surface area contributed by atoms with Crippen LogP contribution in [-0.2, 0) is 4.74 Å². The van der Waals surface area contributed by atoms with Gasteiger partial charge in [0, 0.05) is 18.0 Å². The van der Waals surface area contributed by atoms with E-state index in [1.54, 1.807) is 0 Å². The van der Waals surface area contributed by atoms with Gasteiger partial charge >= 0.3 is 0 Å². The highest BCUT2D eigenvalue weighted by molar-refractivity contribution is 4.80. The van der Waals surface area contributed by atoms with Crippen molar-refractivity contribution in [3.8, 4) is 0 Å². The van der Waals surface area contributed by atoms with Gasteiger partial charge in [0.25, 0.3) is 0 Å². The SMILES string of the molecule is CC(C)(C)NCCOCC(O)[C@@H](O)[C@@H](CO)C(O)CO. The topological polar surface area (TPSA) is 122 Å². The molecule has 2 unspecified atom stereocenters. The molecule has 0 aliphatic heterocycles. The van der Waals surface area contributed by atoms with Gasteiger partial charge in [0.1, 0.15) is 6.10 Å². The Hall–Kier alpha value is -0.280. The van der Waals surface area contributed by atoms with Crippen LogP contribution < -0.4 is 5.32 Å². The molecule has 0 heterocycles. The van der Waals surface area contributed by atoms with Crippen LogP contribution in [0.3, 0.4) is 0 Å². The number of ether oxygens (including phenoxy) is 1. The maximum Gasteiger partial charge on any atom is 0.104 e. The Balaban J connectivity index is 3.98. The summed E-state index contributed by atoms with van der Waals surface area (Å²) in [4.78, 5) is 0. The maximum atomic E-state index is 9.79. The van der Waals surface area contributed by atoms with Crippen LogP contribution in [0.4, 0.5) is 0 Å². The molecular formula is C13H29NO6. The molecule has 7 heteroatoms. The molecule has 0 saturated heterocycles. The summed E-state index contributed by atoms with van der Waals surface area (Å²) in [5.41, 5.74) is -0.0191. The Labute approximate surface area is 120 Å². The number of aliphatic hydroxyl groups is 5. The average Bonchev–Trinajstić information content (AvgIpc) is 2.37. The zero-order chi connectivity index (χ0) is 15.8. The number of hydrogen-bond acceptors (Lipinski definition) is 7. The first-order valence-electron chi connectivity index (χ1n) is 6.81. The van der Waals surface area contributed by atoms with E-state index in [4.69, 9.17) is 14.9 Å². The molecular weight excluding hydrogens is 266 g/mol. The standard InChI is InChI=1S/C13H29NO6/c1-13(2,3)14-4-5-20-8-11(18)12(19)9(6-15)10(17)7-16/h9-12,14-19H,4-8H2,1-3H3/t9-,10?,11?,12-/m0/s1. The molecule has 0 amide bonds. The fourth-order valence-electron chi connectivity index (χ4n) is 1.68. The summed E-state index contributed by atoms with van der Waals surface area (Å²) in [5, 5.41) is 50.0. The Morgan fingerprint density at radius 3 is 2.05 bits per heavy atom. The van der Waals surface area contributed by atoms with Gasteiger partial charge < -0.3 is 35.6 Å². The normalized spacial score (nSPS) is 18.6. The molecule has 0 saturated carbocycles. The van der Waals surface area contributed by atoms with Gasteiger partial charge in [-0.15, -0.1) is 0 Å². The fraction of sp³-hybridized carbons (Fsp3) is 1.00. The van der Waals surface area contributed by atoms with Crippen molar-refractivity contribution in [3.63, 3.8) is 0 Å². The van der Waals surface area contributed by atoms with Gasteiger partial charge in [0.15, 0.2) is 0 Å². The molecule has 122 valence electrons. The monoisotopic (exact) mass is 295 g/mol. The predicted octanol–water partition coefficient (Wildman–Crippen LogP) is -1.93. The van der Waals surface area contributed by atoms with Crippen molar-refractivity contribution in [1.29, 1.82) is 0 Å². The molecule has 0 aliphatic rings. The van der Waals surface area contributed by atoms with Crippen LogP contribution in [0.25, 0.3) is 0 Å². The minimum Gasteiger partial charge on any atom is -0.396 e. The third kappa shape index (κ3) is 8.11. The lowest BCUT2D eigenvalue weighted by Gasteiger charge is -2.28. The predicted molar refractivity (Wildman–Crippen MR) is 74.3 cm³/mol. The number of rotatable bonds is 10. The molecule has 0 fully saturated rings. The first-order chi connectivity index (χ1) is 9.22. The molecule has 0 aromatic rings. The number of hydrogen-bond donors (Lipinski definition) is 6. The summed E-state index contributed by atoms with van der Waals surface area (Å²) >= 11 is 0. The molecule has 20 heavy (non-hydrogen) atoms. The molecule has 0 aliphatic carbocycles. The van der Waals surface area contributed by atoms with Crippen molar-refractivity contribution >= 4 is 0 Å². The third-order valence-corrected chi connectivity index (χ3v) is 2.92. The van der Waals surface area contributed by atoms with E-state index < -0.39 is 37.4 Å². The second-order valence-electron chi connectivity index (χ2n) is 5.91. The van der Waals surface area contributed by atoms with Crippen LogP contribution in [-0.4, -0.2) is 82.4 Å². The summed E-state index contributed by atoms with van der Waals surface area (Å²) in [6.45, 7) is 5.80. The van der Waals surface area contributed by atoms with Gasteiger partial charge in [-0.25, -0.2) is 0 Å². The van der Waals surface area contributed by atoms with E-state index in [1.807, 2.05) is 20.8 Å². The van der Waals surface area contributed by atoms with Crippen LogP contribution in [0.1, 0.15) is 20.8 Å². The van der Waals surface area contributed by atoms with Crippen molar-refractivity contribution in [2.75, 3.05) is 33.0 Å². The smallest absolute Gasteiger partial charge is 0.104 e. The Morgan fingerprint density at radius 1 is 1.00 bits per heavy atom. The van der Waals surface area contributed by atoms with E-state index in [0.717, 1.165) is 0 Å². The van der Waals surface area contributed by atoms with E-state index in [9.17, 15) is 15.3 Å². The van der Waals surface area contributed by atoms with Crippen LogP contribution in [0.2, 0.25) is 0 Å². The molecule has 0 radical (unpaired) electrons. The Kier molecular flexibility index (Phi) is 9.48. The van der Waals surface area contributed by atoms with Gasteiger partial charge in [-0.05, 0) is 20.8 Å². The average molecular weight is 295 g/mol. The van der Waals surface area contributed by atoms with Crippen LogP contribution in [0, 0.1) is 5.92 Å². The summed E-state index contributed by atoms with van der Waals surface area (Å²) < 4.78 is 5.22. The van der Waals surface area contributed by atoms with Gasteiger partial charge in [-0.2, -0.15) is 0 Å². The zero-order valence-electron chi connectivity index (χ0n) is 12.5. The van der Waals surface area contributed by atoms with Gasteiger partial charge in [-0.1, -0.05) is 0 Å². The minimum atomic E-state index is -1.36. The van der Waals surface area contributed by atoms with Crippen molar-refractivity contribution in [2.24, 2.45) is 5.92 Å². The van der Waals surface area contributed by atoms with Crippen molar-refractivity contribution in [2.45, 2.75) is 44.6 Å². The summed E-state index contributed by atoms with van der Waals surface area (Å²) in [7, 11) is 0. The minimum absolute atomic E-state index is 0.0191. The van der Waals surface area contributed by atoms with Crippen molar-refractivity contribution in [3.05, 3.63) is 0 Å². The van der Waals surface area contributed by atoms with E-state index in [2.05, 4.69) is 5.32 Å². The van der Waals surface area contributed by atoms with E-state index in [1.165, 1.54) is 0 Å². The van der Waals surface area contributed by atoms with E-state index in [-0.39, 0.29) is 12.1 Å². The Morgan fingerprint density at radius 2 is 1.60 bits per heavy atom. The summed E-state index contributed by atoms with van der Waals surface area (Å²) in [5.74, 6) is -1.01. The molecule has 0 bridgehead atoms. The van der Waals surface area contributed by atoms with Gasteiger partial charge in [-0.3, -0.25) is 0 Å². The lowest BCUT2D eigenvalue weighted by atomic mass is 9.93. The highest BCUT2D eigenvalue weighted by Gasteiger charge is 2.31. The van der Waals surface area contributed by atoms with Gasteiger partial charge in [0.2, 0.25) is 0 Å². The first kappa shape index (κ1) is 19.7. The molecule has 0 aromatic carbocycles. The van der Waals surface area contributed by atoms with Crippen LogP contribution in [0.5, 0.6) is 0 Å². The number of aliphatic hydroxyl groups excluding tert-OH is 5. The lowest BCUT2D eigenvalue weighted by Crippen LogP contribution is -2.45. The van der Waals surface area contributed by atoms with E-state index in [0.29, 0.717) is 13.2 Å². The van der Waals surface area contributed by atoms with E-state index >= 15 is 0 Å². The number of nitrogens with one attached hydrogen (secondary N) is 1. The van der Waals surface area contributed by atoms with Crippen molar-refractivity contribution < 1.29 is 30.3 Å². The molecule has 0 aromatic heterocycles. The van der Waals surface area contributed by atoms with Crippen LogP contribution >= 0.6 is 0 Å². The molecule has 6 N–H and O–H groups in total. The molecule has 0 rings (SSSR count). The van der Waals surface area contributed by atoms with Crippen molar-refractivity contribution in [1.82, 2.24) is 5.32 Å². The third-order valence-electron chi connectivity index (χ3n) is 2.92. The maximum absolute atomic E-state index is 9.79. The summed E-state index contributed by atoms with van der Waals surface area (Å²) in [6.07, 6.45) is -3.88. The fourth-order valence-corrected chi connectivity index (χ4v) is 1.68. The molecule has 7 nitrogen and oxygen atoms in total. The molecule has 4 atom stereocenters. The lowest BCUT2D eigenvalue weighted by molar-refractivity contribution is -0.105.